The zero-order valence-corrected chi connectivity index (χ0v) is 17.8. The Labute approximate surface area is 194 Å². The fourth-order valence-corrected chi connectivity index (χ4v) is 4.59. The summed E-state index contributed by atoms with van der Waals surface area (Å²) in [4.78, 5) is 16.7. The number of carbonyl (C=O) groups excluding carboxylic acids is 1. The van der Waals surface area contributed by atoms with Crippen molar-refractivity contribution in [1.29, 1.82) is 0 Å². The molecule has 2 aliphatic rings. The van der Waals surface area contributed by atoms with Gasteiger partial charge in [0, 0.05) is 24.2 Å². The monoisotopic (exact) mass is 487 g/mol. The number of aliphatic hydroxyl groups excluding tert-OH is 1. The maximum Gasteiger partial charge on any atom is 0.408 e. The number of halogens is 4. The number of imidazole rings is 1. The average Bonchev–Trinajstić information content (AvgIpc) is 3.34. The van der Waals surface area contributed by atoms with Gasteiger partial charge in [-0.15, -0.1) is 5.10 Å². The van der Waals surface area contributed by atoms with Crippen molar-refractivity contribution in [2.24, 2.45) is 0 Å². The van der Waals surface area contributed by atoms with Gasteiger partial charge in [0.2, 0.25) is 12.3 Å². The second-order valence-corrected chi connectivity index (χ2v) is 8.57. The maximum atomic E-state index is 14.1. The van der Waals surface area contributed by atoms with Crippen molar-refractivity contribution < 1.29 is 27.5 Å². The Hall–Kier alpha value is -4.00. The third kappa shape index (κ3) is 3.77. The lowest BCUT2D eigenvalue weighted by Gasteiger charge is -2.20. The minimum absolute atomic E-state index is 0.0296. The van der Waals surface area contributed by atoms with Crippen LogP contribution in [0.3, 0.4) is 0 Å². The number of alkyl halides is 3. The van der Waals surface area contributed by atoms with E-state index in [-0.39, 0.29) is 28.3 Å². The van der Waals surface area contributed by atoms with Gasteiger partial charge in [-0.05, 0) is 42.0 Å². The first-order valence-electron chi connectivity index (χ1n) is 10.7. The highest BCUT2D eigenvalue weighted by atomic mass is 19.4. The summed E-state index contributed by atoms with van der Waals surface area (Å²) in [6.45, 7) is -1.38. The van der Waals surface area contributed by atoms with E-state index >= 15 is 0 Å². The van der Waals surface area contributed by atoms with Gasteiger partial charge >= 0.3 is 6.18 Å². The van der Waals surface area contributed by atoms with Crippen molar-refractivity contribution >= 4 is 28.0 Å². The topological polar surface area (TPSA) is 109 Å². The summed E-state index contributed by atoms with van der Waals surface area (Å²) in [6, 6.07) is 6.45. The minimum Gasteiger partial charge on any atom is -0.356 e. The highest BCUT2D eigenvalue weighted by molar-refractivity contribution is 6.19. The molecule has 0 bridgehead atoms. The lowest BCUT2D eigenvalue weighted by molar-refractivity contribution is -0.142. The van der Waals surface area contributed by atoms with Gasteiger partial charge in [0.05, 0.1) is 22.2 Å². The van der Waals surface area contributed by atoms with E-state index in [9.17, 15) is 27.5 Å². The molecule has 1 aliphatic carbocycles. The van der Waals surface area contributed by atoms with Crippen molar-refractivity contribution in [2.45, 2.75) is 37.3 Å². The average molecular weight is 487 g/mol. The van der Waals surface area contributed by atoms with Crippen LogP contribution in [0.2, 0.25) is 0 Å². The zero-order chi connectivity index (χ0) is 24.5. The highest BCUT2D eigenvalue weighted by Crippen LogP contribution is 2.56. The fraction of sp³-hybridized carbons (Fsp3) is 0.273. The molecule has 1 aromatic carbocycles. The molecule has 0 saturated heterocycles. The molecule has 1 fully saturated rings. The first kappa shape index (κ1) is 21.5. The molecule has 3 aromatic heterocycles. The van der Waals surface area contributed by atoms with Gasteiger partial charge in [0.15, 0.2) is 5.65 Å². The Balaban J connectivity index is 1.37. The summed E-state index contributed by atoms with van der Waals surface area (Å²) in [5, 5.41) is 22.4. The molecule has 9 nitrogen and oxygen atoms in total. The van der Waals surface area contributed by atoms with Gasteiger partial charge in [-0.3, -0.25) is 9.48 Å². The van der Waals surface area contributed by atoms with E-state index in [2.05, 4.69) is 25.8 Å². The molecule has 4 aromatic rings. The quantitative estimate of drug-likeness (QED) is 0.382. The zero-order valence-electron chi connectivity index (χ0n) is 17.8. The van der Waals surface area contributed by atoms with Crippen LogP contribution in [0.4, 0.5) is 17.6 Å². The fourth-order valence-electron chi connectivity index (χ4n) is 4.59. The van der Waals surface area contributed by atoms with Crippen molar-refractivity contribution in [1.82, 2.24) is 35.0 Å². The van der Waals surface area contributed by atoms with Gasteiger partial charge in [-0.1, -0.05) is 6.07 Å². The minimum atomic E-state index is -4.53. The van der Waals surface area contributed by atoms with Gasteiger partial charge in [-0.2, -0.15) is 22.7 Å². The molecule has 13 heteroatoms. The van der Waals surface area contributed by atoms with E-state index in [0.29, 0.717) is 22.4 Å². The Kier molecular flexibility index (Phi) is 4.61. The van der Waals surface area contributed by atoms with Crippen LogP contribution < -0.4 is 10.6 Å². The molecule has 1 saturated carbocycles. The number of fused-ring (bicyclic) bond motifs is 2. The normalized spacial score (nSPS) is 22.3. The predicted octanol–water partition coefficient (Wildman–Crippen LogP) is 2.39. The van der Waals surface area contributed by atoms with E-state index in [1.165, 1.54) is 12.3 Å². The molecular formula is C22H17F4N7O2. The number of rotatable bonds is 4. The molecule has 1 aliphatic heterocycles. The van der Waals surface area contributed by atoms with Crippen LogP contribution in [0.15, 0.2) is 42.9 Å². The number of hydrogen-bond acceptors (Lipinski definition) is 6. The number of amides is 1. The molecule has 3 N–H and O–H groups in total. The van der Waals surface area contributed by atoms with Crippen molar-refractivity contribution in [3.05, 3.63) is 65.6 Å². The van der Waals surface area contributed by atoms with Crippen LogP contribution in [-0.2, 0) is 11.3 Å². The molecule has 6 rings (SSSR count). The number of hydrogen-bond donors (Lipinski definition) is 3. The largest absolute Gasteiger partial charge is 0.408 e. The molecule has 0 spiro atoms. The molecular weight excluding hydrogens is 470 g/mol. The number of benzene rings is 1. The maximum absolute atomic E-state index is 14.1. The summed E-state index contributed by atoms with van der Waals surface area (Å²) in [7, 11) is 0. The summed E-state index contributed by atoms with van der Waals surface area (Å²) in [5.41, 5.74) is 2.86. The summed E-state index contributed by atoms with van der Waals surface area (Å²) < 4.78 is 55.1. The van der Waals surface area contributed by atoms with Crippen molar-refractivity contribution in [3.8, 4) is 0 Å². The standard InChI is InChI=1S/C22H17F4N7O2/c23-18-11-2-1-10(5-17(11)33(31-18)9-22(24,25)26)12-6-13(12)14-7-16(30-32-4-3-27-19(14)32)15-8-28-21(35)29-20(15)34/h1-5,7-8,12-13,21,28,35H,6,9H2,(H,29,34)/t12-,13+,21?/m1/s1. The third-order valence-electron chi connectivity index (χ3n) is 6.24. The molecule has 1 unspecified atom stereocenters. The number of nitrogens with zero attached hydrogens (tertiary/aromatic N) is 5. The molecule has 1 amide bonds. The van der Waals surface area contributed by atoms with Crippen LogP contribution in [0, 0.1) is 5.95 Å². The molecule has 35 heavy (non-hydrogen) atoms. The summed E-state index contributed by atoms with van der Waals surface area (Å²) in [6.07, 6.45) is -0.430. The van der Waals surface area contributed by atoms with Gasteiger partial charge in [0.1, 0.15) is 6.54 Å². The highest BCUT2D eigenvalue weighted by Gasteiger charge is 2.42. The predicted molar refractivity (Wildman–Crippen MR) is 114 cm³/mol. The number of aromatic nitrogens is 5. The van der Waals surface area contributed by atoms with E-state index in [0.717, 1.165) is 11.1 Å². The van der Waals surface area contributed by atoms with E-state index in [4.69, 9.17) is 0 Å². The van der Waals surface area contributed by atoms with Crippen molar-refractivity contribution in [3.63, 3.8) is 0 Å². The van der Waals surface area contributed by atoms with Gasteiger partial charge < -0.3 is 15.7 Å². The second-order valence-electron chi connectivity index (χ2n) is 8.57. The van der Waals surface area contributed by atoms with Crippen LogP contribution in [0.5, 0.6) is 0 Å². The lowest BCUT2D eigenvalue weighted by Crippen LogP contribution is -2.47. The van der Waals surface area contributed by atoms with E-state index < -0.39 is 30.9 Å². The second kappa shape index (κ2) is 7.50. The van der Waals surface area contributed by atoms with Crippen LogP contribution in [0.25, 0.3) is 22.1 Å². The Morgan fingerprint density at radius 1 is 1.17 bits per heavy atom. The van der Waals surface area contributed by atoms with E-state index in [1.54, 1.807) is 35.1 Å². The first-order chi connectivity index (χ1) is 16.7. The van der Waals surface area contributed by atoms with Gasteiger partial charge in [0.25, 0.3) is 5.91 Å². The smallest absolute Gasteiger partial charge is 0.356 e. The Morgan fingerprint density at radius 2 is 2.00 bits per heavy atom. The molecule has 4 heterocycles. The van der Waals surface area contributed by atoms with Crippen LogP contribution in [-0.4, -0.2) is 47.9 Å². The van der Waals surface area contributed by atoms with Gasteiger partial charge in [-0.25, -0.2) is 9.50 Å². The van der Waals surface area contributed by atoms with Crippen molar-refractivity contribution in [2.75, 3.05) is 0 Å². The Bertz CT molecular complexity index is 1520. The van der Waals surface area contributed by atoms with E-state index in [1.807, 2.05) is 0 Å². The molecule has 180 valence electrons. The SMILES string of the molecule is O=C1NC(O)NC=C1c1cc([C@H]2C[C@@H]2c2ccc3c(F)nn(CC(F)(F)F)c3c2)c2nccn2n1. The Morgan fingerprint density at radius 3 is 2.77 bits per heavy atom. The third-order valence-corrected chi connectivity index (χ3v) is 6.24. The number of aliphatic hydroxyl groups is 1. The number of nitrogens with one attached hydrogen (secondary N) is 2. The molecule has 0 radical (unpaired) electrons. The number of carbonyl (C=O) groups is 1. The summed E-state index contributed by atoms with van der Waals surface area (Å²) >= 11 is 0. The molecule has 3 atom stereocenters. The van der Waals surface area contributed by atoms with Crippen LogP contribution >= 0.6 is 0 Å². The first-order valence-corrected chi connectivity index (χ1v) is 10.7. The lowest BCUT2D eigenvalue weighted by atomic mass is 10.0. The van der Waals surface area contributed by atoms with Crippen LogP contribution in [0.1, 0.15) is 35.1 Å². The summed E-state index contributed by atoms with van der Waals surface area (Å²) in [5.74, 6) is -1.51.